The van der Waals surface area contributed by atoms with Gasteiger partial charge in [0, 0.05) is 13.1 Å². The number of benzene rings is 1. The van der Waals surface area contributed by atoms with E-state index in [1.165, 1.54) is 0 Å². The monoisotopic (exact) mass is 375 g/mol. The number of imide groups is 1. The van der Waals surface area contributed by atoms with Crippen LogP contribution in [0.5, 0.6) is 5.75 Å². The molecule has 4 amide bonds. The zero-order chi connectivity index (χ0) is 20.0. The number of urea groups is 1. The van der Waals surface area contributed by atoms with Gasteiger partial charge in [-0.1, -0.05) is 32.4 Å². The molecule has 27 heavy (non-hydrogen) atoms. The number of nitrogens with one attached hydrogen (secondary N) is 1. The molecule has 1 heterocycles. The number of methoxy groups -OCH3 is 1. The lowest BCUT2D eigenvalue weighted by atomic mass is 9.87. The van der Waals surface area contributed by atoms with Crippen LogP contribution >= 0.6 is 0 Å². The minimum Gasteiger partial charge on any atom is -0.497 e. The van der Waals surface area contributed by atoms with E-state index >= 15 is 0 Å². The molecule has 1 atom stereocenters. The summed E-state index contributed by atoms with van der Waals surface area (Å²) in [4.78, 5) is 40.9. The third kappa shape index (κ3) is 4.07. The summed E-state index contributed by atoms with van der Waals surface area (Å²) < 4.78 is 5.16. The third-order valence-electron chi connectivity index (χ3n) is 5.10. The largest absolute Gasteiger partial charge is 0.497 e. The minimum absolute atomic E-state index is 0.212. The summed E-state index contributed by atoms with van der Waals surface area (Å²) in [7, 11) is 1.57. The SMILES string of the molecule is CCCCN(CC)C(=O)CN1C(=O)N[C@](CC)(c2ccc(OC)cc2)C1=O. The van der Waals surface area contributed by atoms with Crippen LogP contribution in [0.25, 0.3) is 0 Å². The highest BCUT2D eigenvalue weighted by Crippen LogP contribution is 2.33. The molecule has 1 saturated heterocycles. The van der Waals surface area contributed by atoms with E-state index in [0.29, 0.717) is 30.8 Å². The highest BCUT2D eigenvalue weighted by molar-refractivity contribution is 6.09. The van der Waals surface area contributed by atoms with Crippen LogP contribution < -0.4 is 10.1 Å². The van der Waals surface area contributed by atoms with Gasteiger partial charge in [-0.3, -0.25) is 14.5 Å². The number of amides is 4. The Morgan fingerprint density at radius 2 is 1.85 bits per heavy atom. The summed E-state index contributed by atoms with van der Waals surface area (Å²) in [5, 5.41) is 2.80. The molecular formula is C20H29N3O4. The number of unbranched alkanes of at least 4 members (excludes halogenated alkanes) is 1. The molecule has 0 unspecified atom stereocenters. The molecule has 0 radical (unpaired) electrons. The molecule has 1 aliphatic heterocycles. The minimum atomic E-state index is -1.15. The summed E-state index contributed by atoms with van der Waals surface area (Å²) in [5.74, 6) is 0.0690. The normalized spacial score (nSPS) is 19.2. The maximum Gasteiger partial charge on any atom is 0.325 e. The summed E-state index contributed by atoms with van der Waals surface area (Å²) in [6.45, 7) is 6.74. The fourth-order valence-electron chi connectivity index (χ4n) is 3.33. The van der Waals surface area contributed by atoms with Crippen molar-refractivity contribution in [3.63, 3.8) is 0 Å². The van der Waals surface area contributed by atoms with Gasteiger partial charge >= 0.3 is 6.03 Å². The Balaban J connectivity index is 2.22. The van der Waals surface area contributed by atoms with Crippen LogP contribution in [0.3, 0.4) is 0 Å². The quantitative estimate of drug-likeness (QED) is 0.673. The Kier molecular flexibility index (Phi) is 6.82. The van der Waals surface area contributed by atoms with E-state index in [9.17, 15) is 14.4 Å². The molecule has 1 fully saturated rings. The second-order valence-corrected chi connectivity index (χ2v) is 6.64. The molecule has 0 spiro atoms. The van der Waals surface area contributed by atoms with Gasteiger partial charge in [-0.05, 0) is 37.5 Å². The van der Waals surface area contributed by atoms with Gasteiger partial charge in [0.05, 0.1) is 7.11 Å². The maximum absolute atomic E-state index is 13.1. The molecule has 1 aromatic rings. The summed E-state index contributed by atoms with van der Waals surface area (Å²) in [6.07, 6.45) is 2.26. The zero-order valence-corrected chi connectivity index (χ0v) is 16.6. The second-order valence-electron chi connectivity index (χ2n) is 6.64. The molecule has 7 heteroatoms. The lowest BCUT2D eigenvalue weighted by molar-refractivity contribution is -0.139. The molecule has 2 rings (SSSR count). The smallest absolute Gasteiger partial charge is 0.325 e. The second kappa shape index (κ2) is 8.88. The van der Waals surface area contributed by atoms with E-state index in [0.717, 1.165) is 17.7 Å². The average Bonchev–Trinajstić information content (AvgIpc) is 2.93. The van der Waals surface area contributed by atoms with Gasteiger partial charge in [0.2, 0.25) is 5.91 Å². The van der Waals surface area contributed by atoms with Crippen LogP contribution in [-0.2, 0) is 15.1 Å². The third-order valence-corrected chi connectivity index (χ3v) is 5.10. The predicted octanol–water partition coefficient (Wildman–Crippen LogP) is 2.50. The molecular weight excluding hydrogens is 346 g/mol. The zero-order valence-electron chi connectivity index (χ0n) is 16.6. The van der Waals surface area contributed by atoms with E-state index in [2.05, 4.69) is 12.2 Å². The molecule has 1 aromatic carbocycles. The molecule has 0 saturated carbocycles. The number of nitrogens with zero attached hydrogens (tertiary/aromatic N) is 2. The summed E-state index contributed by atoms with van der Waals surface area (Å²) in [5.41, 5.74) is -0.471. The summed E-state index contributed by atoms with van der Waals surface area (Å²) >= 11 is 0. The van der Waals surface area contributed by atoms with Crippen LogP contribution in [0, 0.1) is 0 Å². The Bertz CT molecular complexity index is 689. The fraction of sp³-hybridized carbons (Fsp3) is 0.550. The molecule has 0 bridgehead atoms. The molecule has 0 aromatic heterocycles. The highest BCUT2D eigenvalue weighted by Gasteiger charge is 2.51. The van der Waals surface area contributed by atoms with Crippen LogP contribution in [0.2, 0.25) is 0 Å². The summed E-state index contributed by atoms with van der Waals surface area (Å²) in [6, 6.07) is 6.52. The van der Waals surface area contributed by atoms with Crippen LogP contribution in [-0.4, -0.2) is 54.4 Å². The number of rotatable bonds is 9. The molecule has 1 aliphatic rings. The number of ether oxygens (including phenoxy) is 1. The topological polar surface area (TPSA) is 79.0 Å². The van der Waals surface area contributed by atoms with E-state index in [-0.39, 0.29) is 18.4 Å². The Morgan fingerprint density at radius 1 is 1.19 bits per heavy atom. The van der Waals surface area contributed by atoms with Crippen LogP contribution in [0.1, 0.15) is 45.6 Å². The first-order valence-corrected chi connectivity index (χ1v) is 9.49. The Hall–Kier alpha value is -2.57. The average molecular weight is 375 g/mol. The first-order chi connectivity index (χ1) is 12.9. The predicted molar refractivity (Wildman–Crippen MR) is 102 cm³/mol. The number of carbonyl (C=O) groups excluding carboxylic acids is 3. The van der Waals surface area contributed by atoms with Crippen molar-refractivity contribution >= 4 is 17.8 Å². The number of hydrogen-bond donors (Lipinski definition) is 1. The van der Waals surface area contributed by atoms with E-state index in [4.69, 9.17) is 4.74 Å². The van der Waals surface area contributed by atoms with Crippen molar-refractivity contribution in [2.75, 3.05) is 26.7 Å². The number of carbonyl (C=O) groups is 3. The van der Waals surface area contributed by atoms with Gasteiger partial charge in [-0.2, -0.15) is 0 Å². The fourth-order valence-corrected chi connectivity index (χ4v) is 3.33. The van der Waals surface area contributed by atoms with Gasteiger partial charge < -0.3 is 15.0 Å². The van der Waals surface area contributed by atoms with Crippen LogP contribution in [0.15, 0.2) is 24.3 Å². The number of likely N-dealkylation sites (N-methyl/N-ethyl adjacent to an activating group) is 1. The number of hydrogen-bond acceptors (Lipinski definition) is 4. The van der Waals surface area contributed by atoms with Gasteiger partial charge in [0.25, 0.3) is 5.91 Å². The maximum atomic E-state index is 13.1. The van der Waals surface area contributed by atoms with Crippen molar-refractivity contribution < 1.29 is 19.1 Å². The Morgan fingerprint density at radius 3 is 2.37 bits per heavy atom. The van der Waals surface area contributed by atoms with Crippen molar-refractivity contribution in [2.24, 2.45) is 0 Å². The molecule has 1 N–H and O–H groups in total. The van der Waals surface area contributed by atoms with Gasteiger partial charge in [-0.15, -0.1) is 0 Å². The van der Waals surface area contributed by atoms with E-state index in [1.54, 1.807) is 36.3 Å². The van der Waals surface area contributed by atoms with Crippen molar-refractivity contribution in [1.82, 2.24) is 15.1 Å². The van der Waals surface area contributed by atoms with Crippen molar-refractivity contribution in [3.05, 3.63) is 29.8 Å². The molecule has 7 nitrogen and oxygen atoms in total. The van der Waals surface area contributed by atoms with Gasteiger partial charge in [0.15, 0.2) is 0 Å². The van der Waals surface area contributed by atoms with Crippen molar-refractivity contribution in [2.45, 2.75) is 45.6 Å². The van der Waals surface area contributed by atoms with Crippen molar-refractivity contribution in [1.29, 1.82) is 0 Å². The Labute approximate surface area is 160 Å². The van der Waals surface area contributed by atoms with E-state index in [1.807, 2.05) is 13.8 Å². The van der Waals surface area contributed by atoms with Gasteiger partial charge in [-0.25, -0.2) is 4.79 Å². The van der Waals surface area contributed by atoms with Gasteiger partial charge in [0.1, 0.15) is 17.8 Å². The highest BCUT2D eigenvalue weighted by atomic mass is 16.5. The lowest BCUT2D eigenvalue weighted by Crippen LogP contribution is -2.45. The van der Waals surface area contributed by atoms with Crippen molar-refractivity contribution in [3.8, 4) is 5.75 Å². The molecule has 0 aliphatic carbocycles. The first-order valence-electron chi connectivity index (χ1n) is 9.49. The standard InChI is InChI=1S/C20H29N3O4/c1-5-8-13-22(7-3)17(24)14-23-18(25)20(6-2,21-19(23)26)15-9-11-16(27-4)12-10-15/h9-12H,5-8,13-14H2,1-4H3,(H,21,26)/t20-/m1/s1. The molecule has 148 valence electrons. The lowest BCUT2D eigenvalue weighted by Gasteiger charge is -2.26. The first kappa shape index (κ1) is 20.7. The van der Waals surface area contributed by atoms with Crippen LogP contribution in [0.4, 0.5) is 4.79 Å². The van der Waals surface area contributed by atoms with E-state index < -0.39 is 11.6 Å².